The highest BCUT2D eigenvalue weighted by Gasteiger charge is 2.23. The van der Waals surface area contributed by atoms with Gasteiger partial charge in [-0.25, -0.2) is 4.98 Å². The third-order valence-electron chi connectivity index (χ3n) is 9.67. The first-order valence-corrected chi connectivity index (χ1v) is 16.4. The van der Waals surface area contributed by atoms with Crippen molar-refractivity contribution in [2.45, 2.75) is 0 Å². The van der Waals surface area contributed by atoms with Crippen LogP contribution < -0.4 is 0 Å². The molecule has 0 aliphatic carbocycles. The summed E-state index contributed by atoms with van der Waals surface area (Å²) in [5, 5.41) is 6.05. The molecule has 0 amide bonds. The lowest BCUT2D eigenvalue weighted by Gasteiger charge is -2.15. The number of hydrogen-bond donors (Lipinski definition) is 0. The molecule has 48 heavy (non-hydrogen) atoms. The largest absolute Gasteiger partial charge is 0.309 e. The molecule has 0 spiro atoms. The molecule has 10 rings (SSSR count). The summed E-state index contributed by atoms with van der Waals surface area (Å²) in [6.07, 6.45) is 0. The van der Waals surface area contributed by atoms with E-state index < -0.39 is 0 Å². The van der Waals surface area contributed by atoms with Gasteiger partial charge in [-0.2, -0.15) is 0 Å². The molecule has 3 heteroatoms. The summed E-state index contributed by atoms with van der Waals surface area (Å²) in [6, 6.07) is 63.0. The van der Waals surface area contributed by atoms with Crippen LogP contribution in [0.15, 0.2) is 176 Å². The Kier molecular flexibility index (Phi) is 5.87. The van der Waals surface area contributed by atoms with E-state index in [1.807, 2.05) is 0 Å². The molecular weight excluding hydrogens is 583 g/mol. The third-order valence-corrected chi connectivity index (χ3v) is 9.67. The molecule has 0 atom stereocenters. The Balaban J connectivity index is 1.44. The minimum atomic E-state index is 0.938. The summed E-state index contributed by atoms with van der Waals surface area (Å²) in [5.41, 5.74) is 11.3. The number of benzene rings is 7. The minimum Gasteiger partial charge on any atom is -0.309 e. The van der Waals surface area contributed by atoms with Crippen LogP contribution in [-0.2, 0) is 0 Å². The molecule has 3 nitrogen and oxygen atoms in total. The molecule has 10 aromatic rings. The number of pyridine rings is 1. The molecule has 7 aromatic carbocycles. The second kappa shape index (κ2) is 10.5. The molecular formula is C45H29N3. The summed E-state index contributed by atoms with van der Waals surface area (Å²) in [6.45, 7) is 0. The van der Waals surface area contributed by atoms with Gasteiger partial charge in [-0.05, 0) is 52.9 Å². The molecule has 0 radical (unpaired) electrons. The Morgan fingerprint density at radius 1 is 0.354 bits per heavy atom. The van der Waals surface area contributed by atoms with E-state index in [-0.39, 0.29) is 0 Å². The van der Waals surface area contributed by atoms with E-state index in [1.54, 1.807) is 0 Å². The lowest BCUT2D eigenvalue weighted by molar-refractivity contribution is 1.18. The number of rotatable bonds is 4. The van der Waals surface area contributed by atoms with Gasteiger partial charge in [0.25, 0.3) is 0 Å². The maximum absolute atomic E-state index is 5.49. The summed E-state index contributed by atoms with van der Waals surface area (Å²) in [7, 11) is 0. The van der Waals surface area contributed by atoms with Crippen molar-refractivity contribution in [1.29, 1.82) is 0 Å². The average molecular weight is 612 g/mol. The van der Waals surface area contributed by atoms with Crippen molar-refractivity contribution in [3.8, 4) is 39.5 Å². The van der Waals surface area contributed by atoms with Crippen LogP contribution in [0.25, 0.3) is 88.5 Å². The van der Waals surface area contributed by atoms with Crippen LogP contribution in [0.1, 0.15) is 0 Å². The van der Waals surface area contributed by atoms with E-state index in [2.05, 4.69) is 185 Å². The van der Waals surface area contributed by atoms with Crippen molar-refractivity contribution < 1.29 is 0 Å². The zero-order chi connectivity index (χ0) is 31.6. The fourth-order valence-electron chi connectivity index (χ4n) is 7.53. The maximum Gasteiger partial charge on any atom is 0.145 e. The topological polar surface area (TPSA) is 22.2 Å². The summed E-state index contributed by atoms with van der Waals surface area (Å²) in [4.78, 5) is 5.49. The van der Waals surface area contributed by atoms with Crippen LogP contribution in [0.5, 0.6) is 0 Å². The number of aromatic nitrogens is 3. The zero-order valence-electron chi connectivity index (χ0n) is 26.1. The summed E-state index contributed by atoms with van der Waals surface area (Å²) in [5.74, 6) is 0.938. The van der Waals surface area contributed by atoms with Gasteiger partial charge in [0.05, 0.1) is 27.8 Å². The Labute approximate surface area is 277 Å². The van der Waals surface area contributed by atoms with Gasteiger partial charge in [0.1, 0.15) is 5.82 Å². The normalized spacial score (nSPS) is 11.8. The predicted molar refractivity (Wildman–Crippen MR) is 201 cm³/mol. The number of nitrogens with zero attached hydrogens (tertiary/aromatic N) is 3. The van der Waals surface area contributed by atoms with Crippen LogP contribution in [0, 0.1) is 0 Å². The average Bonchev–Trinajstić information content (AvgIpc) is 3.72. The zero-order valence-corrected chi connectivity index (χ0v) is 26.1. The Hall–Kier alpha value is -6.45. The quantitative estimate of drug-likeness (QED) is 0.182. The molecule has 0 aliphatic rings. The van der Waals surface area contributed by atoms with E-state index in [9.17, 15) is 0 Å². The van der Waals surface area contributed by atoms with E-state index in [4.69, 9.17) is 4.98 Å². The Bertz CT molecular complexity index is 2800. The molecule has 0 unspecified atom stereocenters. The van der Waals surface area contributed by atoms with Gasteiger partial charge in [-0.3, -0.25) is 4.40 Å². The van der Waals surface area contributed by atoms with Crippen molar-refractivity contribution in [3.05, 3.63) is 176 Å². The van der Waals surface area contributed by atoms with E-state index in [1.165, 1.54) is 49.1 Å². The van der Waals surface area contributed by atoms with Crippen molar-refractivity contribution in [1.82, 2.24) is 14.0 Å². The molecule has 3 heterocycles. The van der Waals surface area contributed by atoms with Crippen molar-refractivity contribution >= 4 is 49.0 Å². The predicted octanol–water partition coefficient (Wildman–Crippen LogP) is 11.7. The van der Waals surface area contributed by atoms with Gasteiger partial charge in [0.15, 0.2) is 0 Å². The molecule has 224 valence electrons. The smallest absolute Gasteiger partial charge is 0.145 e. The third kappa shape index (κ3) is 3.98. The second-order valence-electron chi connectivity index (χ2n) is 12.4. The molecule has 0 bridgehead atoms. The van der Waals surface area contributed by atoms with Crippen LogP contribution in [0.4, 0.5) is 0 Å². The minimum absolute atomic E-state index is 0.938. The van der Waals surface area contributed by atoms with E-state index in [0.717, 1.165) is 39.4 Å². The van der Waals surface area contributed by atoms with E-state index >= 15 is 0 Å². The number of para-hydroxylation sites is 2. The fraction of sp³-hybridized carbons (Fsp3) is 0. The van der Waals surface area contributed by atoms with E-state index in [0.29, 0.717) is 0 Å². The van der Waals surface area contributed by atoms with Crippen molar-refractivity contribution in [2.24, 2.45) is 0 Å². The molecule has 3 aromatic heterocycles. The van der Waals surface area contributed by atoms with Crippen LogP contribution >= 0.6 is 0 Å². The first kappa shape index (κ1) is 26.7. The molecule has 0 saturated carbocycles. The Morgan fingerprint density at radius 3 is 1.69 bits per heavy atom. The number of imidazole rings is 1. The first-order valence-electron chi connectivity index (χ1n) is 16.4. The summed E-state index contributed by atoms with van der Waals surface area (Å²) >= 11 is 0. The lowest BCUT2D eigenvalue weighted by atomic mass is 9.97. The second-order valence-corrected chi connectivity index (χ2v) is 12.4. The van der Waals surface area contributed by atoms with Crippen LogP contribution in [0.3, 0.4) is 0 Å². The van der Waals surface area contributed by atoms with Gasteiger partial charge in [-0.15, -0.1) is 0 Å². The highest BCUT2D eigenvalue weighted by atomic mass is 15.0. The SMILES string of the molecule is c1ccc(-c2ccc3c4cc5c(cc4c4c(-c6ccccc6)nc(-c6ccccc6)n4c3c2)c2ccccc2n5-c2ccccc2)cc1. The van der Waals surface area contributed by atoms with Gasteiger partial charge in [0, 0.05) is 38.4 Å². The maximum atomic E-state index is 5.49. The molecule has 0 saturated heterocycles. The monoisotopic (exact) mass is 611 g/mol. The highest BCUT2D eigenvalue weighted by molar-refractivity contribution is 6.23. The van der Waals surface area contributed by atoms with Crippen molar-refractivity contribution in [2.75, 3.05) is 0 Å². The summed E-state index contributed by atoms with van der Waals surface area (Å²) < 4.78 is 4.81. The Morgan fingerprint density at radius 2 is 0.958 bits per heavy atom. The van der Waals surface area contributed by atoms with Crippen LogP contribution in [-0.4, -0.2) is 14.0 Å². The molecule has 0 fully saturated rings. The first-order chi connectivity index (χ1) is 23.8. The van der Waals surface area contributed by atoms with Crippen molar-refractivity contribution in [3.63, 3.8) is 0 Å². The molecule has 0 N–H and O–H groups in total. The van der Waals surface area contributed by atoms with Gasteiger partial charge >= 0.3 is 0 Å². The van der Waals surface area contributed by atoms with Gasteiger partial charge in [0.2, 0.25) is 0 Å². The highest BCUT2D eigenvalue weighted by Crippen LogP contribution is 2.43. The number of hydrogen-bond acceptors (Lipinski definition) is 1. The number of fused-ring (bicyclic) bond motifs is 9. The molecule has 0 aliphatic heterocycles. The van der Waals surface area contributed by atoms with Gasteiger partial charge < -0.3 is 4.57 Å². The van der Waals surface area contributed by atoms with Crippen LogP contribution in [0.2, 0.25) is 0 Å². The fourth-order valence-corrected chi connectivity index (χ4v) is 7.53. The standard InChI is InChI=1S/C45H29N3/c1-5-15-30(16-6-1)33-25-26-36-37-29-42-38(35-23-13-14-24-40(35)47(42)34-21-11-4-12-22-34)28-39(37)44-43(31-17-7-2-8-18-31)46-45(48(44)41(36)27-33)32-19-9-3-10-20-32/h1-29H. The lowest BCUT2D eigenvalue weighted by Crippen LogP contribution is -1.96. The van der Waals surface area contributed by atoms with Gasteiger partial charge in [-0.1, -0.05) is 140 Å².